The Balaban J connectivity index is 2.02. The van der Waals surface area contributed by atoms with Crippen molar-refractivity contribution in [2.75, 3.05) is 12.0 Å². The largest absolute Gasteiger partial charge is 0.321 e. The zero-order valence-electron chi connectivity index (χ0n) is 9.10. The van der Waals surface area contributed by atoms with Gasteiger partial charge in [0.1, 0.15) is 0 Å². The minimum atomic E-state index is 1.05. The van der Waals surface area contributed by atoms with E-state index in [9.17, 15) is 0 Å². The van der Waals surface area contributed by atoms with Crippen molar-refractivity contribution in [3.05, 3.63) is 28.8 Å². The van der Waals surface area contributed by atoms with Gasteiger partial charge in [0.15, 0.2) is 0 Å². The lowest BCUT2D eigenvalue weighted by molar-refractivity contribution is 0.711. The van der Waals surface area contributed by atoms with Crippen LogP contribution in [0, 0.1) is 0 Å². The van der Waals surface area contributed by atoms with Gasteiger partial charge in [-0.15, -0.1) is 0 Å². The Morgan fingerprint density at radius 1 is 0.800 bits per heavy atom. The van der Waals surface area contributed by atoms with E-state index in [1.807, 2.05) is 0 Å². The molecule has 1 heterocycles. The van der Waals surface area contributed by atoms with Gasteiger partial charge < -0.3 is 5.43 Å². The summed E-state index contributed by atoms with van der Waals surface area (Å²) < 4.78 is 0. The summed E-state index contributed by atoms with van der Waals surface area (Å²) in [7, 11) is 0. The molecule has 15 heavy (non-hydrogen) atoms. The molecule has 1 aliphatic carbocycles. The third-order valence-electron chi connectivity index (χ3n) is 3.56. The minimum Gasteiger partial charge on any atom is -0.321 e. The second-order valence-electron chi connectivity index (χ2n) is 4.64. The van der Waals surface area contributed by atoms with Gasteiger partial charge in [-0.05, 0) is 54.9 Å². The Labute approximate surface area is 91.0 Å². The van der Waals surface area contributed by atoms with Gasteiger partial charge in [-0.1, -0.05) is 12.5 Å². The smallest absolute Gasteiger partial charge is 0.0523 e. The van der Waals surface area contributed by atoms with Crippen molar-refractivity contribution in [1.29, 1.82) is 0 Å². The molecule has 0 radical (unpaired) electrons. The van der Waals surface area contributed by atoms with E-state index in [4.69, 9.17) is 0 Å². The van der Waals surface area contributed by atoms with E-state index in [1.165, 1.54) is 43.4 Å². The van der Waals surface area contributed by atoms with Crippen molar-refractivity contribution in [3.63, 3.8) is 0 Å². The predicted molar refractivity (Wildman–Crippen MR) is 63.0 cm³/mol. The number of hydrogen-bond donors (Lipinski definition) is 2. The molecule has 0 spiro atoms. The summed E-state index contributed by atoms with van der Waals surface area (Å²) in [6, 6.07) is 4.80. The highest BCUT2D eigenvalue weighted by molar-refractivity contribution is 5.56. The normalized spacial score (nSPS) is 19.7. The van der Waals surface area contributed by atoms with Crippen LogP contribution in [-0.4, -0.2) is 6.54 Å². The van der Waals surface area contributed by atoms with Crippen LogP contribution in [0.4, 0.5) is 5.69 Å². The molecule has 0 atom stereocenters. The quantitative estimate of drug-likeness (QED) is 0.631. The first-order valence-electron chi connectivity index (χ1n) is 6.07. The van der Waals surface area contributed by atoms with Crippen molar-refractivity contribution in [2.24, 2.45) is 0 Å². The zero-order chi connectivity index (χ0) is 10.1. The molecule has 0 saturated heterocycles. The number of anilines is 1. The summed E-state index contributed by atoms with van der Waals surface area (Å²) in [5.41, 5.74) is 12.5. The van der Waals surface area contributed by atoms with Crippen LogP contribution in [0.2, 0.25) is 0 Å². The molecule has 2 aliphatic rings. The summed E-state index contributed by atoms with van der Waals surface area (Å²) in [5.74, 6) is 0. The lowest BCUT2D eigenvalue weighted by Gasteiger charge is -2.21. The number of benzene rings is 1. The van der Waals surface area contributed by atoms with Gasteiger partial charge in [0.25, 0.3) is 0 Å². The molecular formula is C13H18N2. The Hall–Kier alpha value is -1.02. The minimum absolute atomic E-state index is 1.05. The molecule has 80 valence electrons. The van der Waals surface area contributed by atoms with Crippen LogP contribution in [0.25, 0.3) is 0 Å². The van der Waals surface area contributed by atoms with Crippen LogP contribution in [0.15, 0.2) is 12.1 Å². The first-order chi connectivity index (χ1) is 7.43. The van der Waals surface area contributed by atoms with E-state index >= 15 is 0 Å². The highest BCUT2D eigenvalue weighted by Gasteiger charge is 2.14. The molecule has 0 unspecified atom stereocenters. The molecule has 3 rings (SSSR count). The summed E-state index contributed by atoms with van der Waals surface area (Å²) in [6.07, 6.45) is 7.84. The third-order valence-corrected chi connectivity index (χ3v) is 3.56. The molecule has 0 amide bonds. The Bertz CT molecular complexity index is 336. The van der Waals surface area contributed by atoms with Crippen molar-refractivity contribution in [2.45, 2.75) is 38.5 Å². The second kappa shape index (κ2) is 3.86. The van der Waals surface area contributed by atoms with Crippen LogP contribution in [0.5, 0.6) is 0 Å². The fourth-order valence-corrected chi connectivity index (χ4v) is 2.69. The highest BCUT2D eigenvalue weighted by atomic mass is 15.4. The second-order valence-corrected chi connectivity index (χ2v) is 4.64. The lowest BCUT2D eigenvalue weighted by atomic mass is 9.96. The first kappa shape index (κ1) is 9.22. The zero-order valence-corrected chi connectivity index (χ0v) is 9.10. The number of rotatable bonds is 0. The number of fused-ring (bicyclic) bond motifs is 2. The van der Waals surface area contributed by atoms with Gasteiger partial charge in [0.05, 0.1) is 5.69 Å². The maximum Gasteiger partial charge on any atom is 0.0523 e. The Morgan fingerprint density at radius 2 is 1.60 bits per heavy atom. The van der Waals surface area contributed by atoms with Crippen LogP contribution in [0.1, 0.15) is 36.0 Å². The van der Waals surface area contributed by atoms with Gasteiger partial charge in [-0.25, -0.2) is 5.43 Å². The Morgan fingerprint density at radius 3 is 2.47 bits per heavy atom. The fourth-order valence-electron chi connectivity index (χ4n) is 2.69. The first-order valence-corrected chi connectivity index (χ1v) is 6.07. The number of hydrogen-bond acceptors (Lipinski definition) is 2. The molecule has 0 bridgehead atoms. The number of hydrazine groups is 1. The molecule has 1 aromatic rings. The van der Waals surface area contributed by atoms with Crippen molar-refractivity contribution >= 4 is 5.69 Å². The molecular weight excluding hydrogens is 184 g/mol. The topological polar surface area (TPSA) is 24.1 Å². The third kappa shape index (κ3) is 1.74. The summed E-state index contributed by atoms with van der Waals surface area (Å²) in [6.45, 7) is 1.05. The van der Waals surface area contributed by atoms with E-state index in [0.717, 1.165) is 13.0 Å². The molecule has 2 nitrogen and oxygen atoms in total. The molecule has 0 fully saturated rings. The molecule has 0 aromatic heterocycles. The van der Waals surface area contributed by atoms with Crippen LogP contribution < -0.4 is 10.9 Å². The lowest BCUT2D eigenvalue weighted by Crippen LogP contribution is -2.29. The monoisotopic (exact) mass is 202 g/mol. The molecule has 1 aliphatic heterocycles. The van der Waals surface area contributed by atoms with Crippen LogP contribution in [-0.2, 0) is 19.3 Å². The van der Waals surface area contributed by atoms with E-state index in [1.54, 1.807) is 11.1 Å². The Kier molecular flexibility index (Phi) is 2.37. The van der Waals surface area contributed by atoms with Crippen LogP contribution >= 0.6 is 0 Å². The van der Waals surface area contributed by atoms with E-state index < -0.39 is 0 Å². The van der Waals surface area contributed by atoms with Gasteiger partial charge in [-0.2, -0.15) is 0 Å². The maximum absolute atomic E-state index is 3.28. The van der Waals surface area contributed by atoms with E-state index in [2.05, 4.69) is 23.0 Å². The van der Waals surface area contributed by atoms with Gasteiger partial charge >= 0.3 is 0 Å². The van der Waals surface area contributed by atoms with Gasteiger partial charge in [-0.3, -0.25) is 0 Å². The fraction of sp³-hybridized carbons (Fsp3) is 0.538. The van der Waals surface area contributed by atoms with Crippen molar-refractivity contribution < 1.29 is 0 Å². The molecule has 1 aromatic carbocycles. The van der Waals surface area contributed by atoms with E-state index in [-0.39, 0.29) is 0 Å². The number of aryl methyl sites for hydroxylation is 2. The summed E-state index contributed by atoms with van der Waals surface area (Å²) in [5, 5.41) is 0. The van der Waals surface area contributed by atoms with Gasteiger partial charge in [0.2, 0.25) is 0 Å². The average molecular weight is 202 g/mol. The molecule has 2 heteroatoms. The maximum atomic E-state index is 3.28. The summed E-state index contributed by atoms with van der Waals surface area (Å²) in [4.78, 5) is 0. The predicted octanol–water partition coefficient (Wildman–Crippen LogP) is 2.43. The standard InChI is InChI=1S/C13H18N2/c1-2-4-10-8-12-6-7-14-15-13(12)9-11(10)5-3-1/h8-9,14-15H,1-7H2. The molecule has 2 N–H and O–H groups in total. The van der Waals surface area contributed by atoms with Crippen LogP contribution in [0.3, 0.4) is 0 Å². The SMILES string of the molecule is c1c2c(cc3c1CCNN3)CCCCC2. The summed E-state index contributed by atoms with van der Waals surface area (Å²) >= 11 is 0. The molecule has 0 saturated carbocycles. The average Bonchev–Trinajstić information content (AvgIpc) is 2.50. The number of nitrogens with one attached hydrogen (secondary N) is 2. The van der Waals surface area contributed by atoms with Crippen molar-refractivity contribution in [3.8, 4) is 0 Å². The van der Waals surface area contributed by atoms with Gasteiger partial charge in [0, 0.05) is 6.54 Å². The van der Waals surface area contributed by atoms with E-state index in [0.29, 0.717) is 0 Å². The van der Waals surface area contributed by atoms with Crippen molar-refractivity contribution in [1.82, 2.24) is 5.43 Å². The highest BCUT2D eigenvalue weighted by Crippen LogP contribution is 2.28.